The Balaban J connectivity index is 1.51. The number of likely N-dealkylation sites (tertiary alicyclic amines) is 1. The number of hydrogen-bond donors (Lipinski definition) is 2. The summed E-state index contributed by atoms with van der Waals surface area (Å²) in [6.07, 6.45) is 1.80. The Morgan fingerprint density at radius 1 is 1.12 bits per heavy atom. The first kappa shape index (κ1) is 24.8. The van der Waals surface area contributed by atoms with Crippen LogP contribution in [0.1, 0.15) is 38.5 Å². The Morgan fingerprint density at radius 3 is 2.48 bits per heavy atom. The van der Waals surface area contributed by atoms with Crippen LogP contribution >= 0.6 is 0 Å². The van der Waals surface area contributed by atoms with Crippen LogP contribution in [0.3, 0.4) is 0 Å². The average Bonchev–Trinajstić information content (AvgIpc) is 2.77. The van der Waals surface area contributed by atoms with Crippen molar-refractivity contribution in [1.29, 1.82) is 0 Å². The molecule has 1 unspecified atom stereocenters. The van der Waals surface area contributed by atoms with Crippen LogP contribution in [-0.4, -0.2) is 87.8 Å². The van der Waals surface area contributed by atoms with Gasteiger partial charge in [0.15, 0.2) is 0 Å². The standard InChI is InChI=1S/C23H35F2N3O4S/c1-27-15-19(29)14-26-33(30,31)21-5-3-2-4-20(21)32-17-22(16-27)10-12-28(13-11-22)18-6-8-23(24,25)9-7-18/h2-5,18-19,26,29H,6-17H2,1H3. The van der Waals surface area contributed by atoms with E-state index in [2.05, 4.69) is 9.62 Å². The van der Waals surface area contributed by atoms with E-state index in [0.717, 1.165) is 25.9 Å². The largest absolute Gasteiger partial charge is 0.492 e. The fourth-order valence-corrected chi connectivity index (χ4v) is 6.69. The number of piperidine rings is 1. The Hall–Kier alpha value is -1.33. The SMILES string of the molecule is CN1CC(O)CNS(=O)(=O)c2ccccc2OCC2(CCN(C3CCC(F)(F)CC3)CC2)C1. The zero-order valence-electron chi connectivity index (χ0n) is 19.2. The van der Waals surface area contributed by atoms with E-state index in [0.29, 0.717) is 38.3 Å². The molecule has 0 radical (unpaired) electrons. The van der Waals surface area contributed by atoms with Crippen LogP contribution in [0, 0.1) is 5.41 Å². The summed E-state index contributed by atoms with van der Waals surface area (Å²) < 4.78 is 61.4. The fourth-order valence-electron chi connectivity index (χ4n) is 5.47. The normalized spacial score (nSPS) is 29.4. The molecule has 0 bridgehead atoms. The maximum absolute atomic E-state index is 13.6. The second-order valence-electron chi connectivity index (χ2n) is 10.1. The number of rotatable bonds is 1. The van der Waals surface area contributed by atoms with E-state index in [1.807, 2.05) is 11.9 Å². The van der Waals surface area contributed by atoms with Gasteiger partial charge in [-0.1, -0.05) is 12.1 Å². The highest BCUT2D eigenvalue weighted by Crippen LogP contribution is 2.39. The molecule has 10 heteroatoms. The van der Waals surface area contributed by atoms with Gasteiger partial charge in [0, 0.05) is 43.9 Å². The Labute approximate surface area is 195 Å². The number of β-amino-alcohol motifs (C(OH)–C–C–N with tert-alkyl or cyclic N) is 1. The summed E-state index contributed by atoms with van der Waals surface area (Å²) in [5, 5.41) is 10.4. The number of aliphatic hydroxyl groups excluding tert-OH is 1. The van der Waals surface area contributed by atoms with Gasteiger partial charge in [-0.2, -0.15) is 0 Å². The van der Waals surface area contributed by atoms with Crippen LogP contribution in [-0.2, 0) is 10.0 Å². The molecule has 1 saturated carbocycles. The third-order valence-corrected chi connectivity index (χ3v) is 8.83. The molecule has 1 atom stereocenters. The van der Waals surface area contributed by atoms with Gasteiger partial charge in [-0.25, -0.2) is 21.9 Å². The maximum Gasteiger partial charge on any atom is 0.248 e. The van der Waals surface area contributed by atoms with Crippen molar-refractivity contribution in [3.8, 4) is 5.75 Å². The molecule has 1 saturated heterocycles. The highest BCUT2D eigenvalue weighted by Gasteiger charge is 2.42. The minimum Gasteiger partial charge on any atom is -0.492 e. The maximum atomic E-state index is 13.6. The minimum absolute atomic E-state index is 0.0393. The van der Waals surface area contributed by atoms with E-state index in [1.54, 1.807) is 18.2 Å². The predicted octanol–water partition coefficient (Wildman–Crippen LogP) is 2.31. The summed E-state index contributed by atoms with van der Waals surface area (Å²) in [5.41, 5.74) is -0.215. The molecule has 4 rings (SSSR count). The van der Waals surface area contributed by atoms with E-state index in [-0.39, 0.29) is 35.7 Å². The highest BCUT2D eigenvalue weighted by molar-refractivity contribution is 7.89. The van der Waals surface area contributed by atoms with Crippen molar-refractivity contribution in [2.45, 2.75) is 61.5 Å². The number of benzene rings is 1. The van der Waals surface area contributed by atoms with Gasteiger partial charge in [0.2, 0.25) is 15.9 Å². The summed E-state index contributed by atoms with van der Waals surface area (Å²) in [6, 6.07) is 6.77. The summed E-state index contributed by atoms with van der Waals surface area (Å²) in [7, 11) is -1.89. The lowest BCUT2D eigenvalue weighted by atomic mass is 9.77. The van der Waals surface area contributed by atoms with Crippen LogP contribution in [0.5, 0.6) is 5.75 Å². The van der Waals surface area contributed by atoms with Gasteiger partial charge in [0.05, 0.1) is 12.7 Å². The summed E-state index contributed by atoms with van der Waals surface area (Å²) in [6.45, 7) is 2.93. The molecular formula is C23H35F2N3O4S. The van der Waals surface area contributed by atoms with Crippen molar-refractivity contribution < 1.29 is 27.0 Å². The molecular weight excluding hydrogens is 452 g/mol. The smallest absolute Gasteiger partial charge is 0.248 e. The van der Waals surface area contributed by atoms with Crippen LogP contribution in [0.25, 0.3) is 0 Å². The number of hydrogen-bond acceptors (Lipinski definition) is 6. The first-order chi connectivity index (χ1) is 15.6. The monoisotopic (exact) mass is 487 g/mol. The molecule has 2 N–H and O–H groups in total. The van der Waals surface area contributed by atoms with Crippen molar-refractivity contribution in [1.82, 2.24) is 14.5 Å². The number of likely N-dealkylation sites (N-methyl/N-ethyl adjacent to an activating group) is 1. The van der Waals surface area contributed by atoms with Crippen LogP contribution in [0.2, 0.25) is 0 Å². The second-order valence-corrected chi connectivity index (χ2v) is 11.8. The Kier molecular flexibility index (Phi) is 7.31. The van der Waals surface area contributed by atoms with Gasteiger partial charge in [0.25, 0.3) is 0 Å². The van der Waals surface area contributed by atoms with E-state index in [1.165, 1.54) is 6.07 Å². The highest BCUT2D eigenvalue weighted by atomic mass is 32.2. The van der Waals surface area contributed by atoms with Gasteiger partial charge in [-0.05, 0) is 58.0 Å². The van der Waals surface area contributed by atoms with Crippen molar-refractivity contribution in [2.75, 3.05) is 46.4 Å². The van der Waals surface area contributed by atoms with Crippen LogP contribution in [0.4, 0.5) is 8.78 Å². The van der Waals surface area contributed by atoms with Gasteiger partial charge in [-0.15, -0.1) is 0 Å². The van der Waals surface area contributed by atoms with Crippen molar-refractivity contribution in [2.24, 2.45) is 5.41 Å². The third-order valence-electron chi connectivity index (χ3n) is 7.37. The topological polar surface area (TPSA) is 82.1 Å². The number of halogens is 2. The molecule has 0 aromatic heterocycles. The molecule has 0 amide bonds. The molecule has 2 heterocycles. The first-order valence-corrected chi connectivity index (χ1v) is 13.3. The first-order valence-electron chi connectivity index (χ1n) is 11.8. The molecule has 3 aliphatic rings. The lowest BCUT2D eigenvalue weighted by Crippen LogP contribution is -2.53. The number of para-hydroxylation sites is 1. The van der Waals surface area contributed by atoms with Crippen molar-refractivity contribution >= 4 is 10.0 Å². The van der Waals surface area contributed by atoms with E-state index >= 15 is 0 Å². The lowest BCUT2D eigenvalue weighted by molar-refractivity contribution is -0.0640. The molecule has 1 aromatic rings. The number of fused-ring (bicyclic) bond motifs is 1. The molecule has 33 heavy (non-hydrogen) atoms. The van der Waals surface area contributed by atoms with Gasteiger partial charge < -0.3 is 19.6 Å². The number of nitrogens with one attached hydrogen (secondary N) is 1. The molecule has 1 spiro atoms. The third kappa shape index (κ3) is 6.03. The molecule has 1 aliphatic carbocycles. The summed E-state index contributed by atoms with van der Waals surface area (Å²) >= 11 is 0. The zero-order chi connectivity index (χ0) is 23.7. The molecule has 2 aliphatic heterocycles. The van der Waals surface area contributed by atoms with Gasteiger partial charge in [-0.3, -0.25) is 0 Å². The number of sulfonamides is 1. The van der Waals surface area contributed by atoms with Gasteiger partial charge >= 0.3 is 0 Å². The van der Waals surface area contributed by atoms with E-state index in [9.17, 15) is 22.3 Å². The predicted molar refractivity (Wildman–Crippen MR) is 121 cm³/mol. The molecule has 2 fully saturated rings. The summed E-state index contributed by atoms with van der Waals surface area (Å²) in [5.74, 6) is -2.22. The number of aliphatic hydroxyl groups is 1. The number of nitrogens with zero attached hydrogens (tertiary/aromatic N) is 2. The Bertz CT molecular complexity index is 912. The summed E-state index contributed by atoms with van der Waals surface area (Å²) in [4.78, 5) is 4.45. The number of ether oxygens (including phenoxy) is 1. The molecule has 1 aromatic carbocycles. The van der Waals surface area contributed by atoms with Crippen molar-refractivity contribution in [3.05, 3.63) is 24.3 Å². The minimum atomic E-state index is -3.82. The van der Waals surface area contributed by atoms with Crippen molar-refractivity contribution in [3.63, 3.8) is 0 Å². The Morgan fingerprint density at radius 2 is 1.79 bits per heavy atom. The molecule has 7 nitrogen and oxygen atoms in total. The van der Waals surface area contributed by atoms with Crippen LogP contribution in [0.15, 0.2) is 29.2 Å². The number of alkyl halides is 2. The molecule has 186 valence electrons. The van der Waals surface area contributed by atoms with E-state index in [4.69, 9.17) is 4.74 Å². The second kappa shape index (κ2) is 9.73. The van der Waals surface area contributed by atoms with Crippen LogP contribution < -0.4 is 9.46 Å². The lowest BCUT2D eigenvalue weighted by Gasteiger charge is -2.47. The average molecular weight is 488 g/mol. The van der Waals surface area contributed by atoms with E-state index < -0.39 is 22.0 Å². The fraction of sp³-hybridized carbons (Fsp3) is 0.739. The zero-order valence-corrected chi connectivity index (χ0v) is 20.0. The van der Waals surface area contributed by atoms with Gasteiger partial charge in [0.1, 0.15) is 10.6 Å². The quantitative estimate of drug-likeness (QED) is 0.633.